The number of aromatic nitrogens is 2. The summed E-state index contributed by atoms with van der Waals surface area (Å²) in [6, 6.07) is 1.29. The molecule has 0 bridgehead atoms. The van der Waals surface area contributed by atoms with Crippen LogP contribution in [0.3, 0.4) is 0 Å². The van der Waals surface area contributed by atoms with Gasteiger partial charge in [-0.1, -0.05) is 5.10 Å². The van der Waals surface area contributed by atoms with Crippen LogP contribution in [0.4, 0.5) is 5.82 Å². The molecule has 1 aliphatic carbocycles. The highest BCUT2D eigenvalue weighted by Gasteiger charge is 2.46. The zero-order chi connectivity index (χ0) is 10.3. The van der Waals surface area contributed by atoms with Crippen molar-refractivity contribution in [1.29, 1.82) is 0 Å². The van der Waals surface area contributed by atoms with Gasteiger partial charge in [0.1, 0.15) is 0 Å². The minimum absolute atomic E-state index is 0.169. The van der Waals surface area contributed by atoms with Crippen LogP contribution in [-0.2, 0) is 4.79 Å². The summed E-state index contributed by atoms with van der Waals surface area (Å²) in [7, 11) is 0. The summed E-state index contributed by atoms with van der Waals surface area (Å²) in [4.78, 5) is 20.2. The molecule has 1 aromatic rings. The maximum Gasteiger partial charge on any atom is 0.342 e. The van der Waals surface area contributed by atoms with Gasteiger partial charge in [0.15, 0.2) is 0 Å². The molecule has 0 unspecified atom stereocenters. The molecule has 14 heavy (non-hydrogen) atoms. The Morgan fingerprint density at radius 3 is 2.93 bits per heavy atom. The molecule has 0 amide bonds. The number of hydrogen-bond donors (Lipinski definition) is 2. The highest BCUT2D eigenvalue weighted by Crippen LogP contribution is 2.47. The van der Waals surface area contributed by atoms with Crippen LogP contribution in [0.25, 0.3) is 0 Å². The fourth-order valence-electron chi connectivity index (χ4n) is 1.40. The molecule has 0 saturated heterocycles. The zero-order valence-electron chi connectivity index (χ0n) is 7.01. The summed E-state index contributed by atoms with van der Waals surface area (Å²) >= 11 is 0. The van der Waals surface area contributed by atoms with Gasteiger partial charge in [-0.05, 0) is 11.3 Å². The molecule has 0 aliphatic heterocycles. The Labute approximate surface area is 77.9 Å². The van der Waals surface area contributed by atoms with E-state index < -0.39 is 16.8 Å². The third-order valence-corrected chi connectivity index (χ3v) is 2.27. The summed E-state index contributed by atoms with van der Waals surface area (Å²) in [6.07, 6.45) is 0.511. The van der Waals surface area contributed by atoms with Gasteiger partial charge in [-0.25, -0.2) is 0 Å². The standard InChI is InChI=1S/C7H7N3O4/c11-7(12)4-1-3(4)5-2-6(9-8-5)10(13)14/h2-4H,1H2,(H,8,9)(H,11,12)/t3-,4-/m1/s1. The van der Waals surface area contributed by atoms with E-state index >= 15 is 0 Å². The fourth-order valence-corrected chi connectivity index (χ4v) is 1.40. The van der Waals surface area contributed by atoms with Gasteiger partial charge in [-0.3, -0.25) is 4.79 Å². The lowest BCUT2D eigenvalue weighted by molar-refractivity contribution is -0.389. The van der Waals surface area contributed by atoms with E-state index in [1.807, 2.05) is 0 Å². The molecule has 0 aromatic carbocycles. The normalized spacial score (nSPS) is 24.6. The second kappa shape index (κ2) is 2.79. The van der Waals surface area contributed by atoms with Gasteiger partial charge < -0.3 is 15.2 Å². The molecular weight excluding hydrogens is 190 g/mol. The van der Waals surface area contributed by atoms with E-state index in [4.69, 9.17) is 5.11 Å². The van der Waals surface area contributed by atoms with E-state index in [1.165, 1.54) is 6.07 Å². The molecule has 2 N–H and O–H groups in total. The minimum Gasteiger partial charge on any atom is -0.481 e. The number of H-pyrrole nitrogens is 1. The van der Waals surface area contributed by atoms with Crippen molar-refractivity contribution in [2.45, 2.75) is 12.3 Å². The Kier molecular flexibility index (Phi) is 1.73. The van der Waals surface area contributed by atoms with Crippen LogP contribution in [0, 0.1) is 16.0 Å². The first-order valence-electron chi connectivity index (χ1n) is 4.02. The Morgan fingerprint density at radius 1 is 1.79 bits per heavy atom. The minimum atomic E-state index is -0.874. The number of hydrogen-bond acceptors (Lipinski definition) is 4. The summed E-state index contributed by atoms with van der Waals surface area (Å²) in [6.45, 7) is 0. The number of aromatic amines is 1. The van der Waals surface area contributed by atoms with Crippen LogP contribution >= 0.6 is 0 Å². The van der Waals surface area contributed by atoms with E-state index in [2.05, 4.69) is 10.2 Å². The number of carbonyl (C=O) groups is 1. The van der Waals surface area contributed by atoms with Gasteiger partial charge in [0.05, 0.1) is 17.7 Å². The predicted octanol–water partition coefficient (Wildman–Crippen LogP) is 0.506. The van der Waals surface area contributed by atoms with Gasteiger partial charge >= 0.3 is 11.8 Å². The first kappa shape index (κ1) is 8.67. The van der Waals surface area contributed by atoms with E-state index in [0.29, 0.717) is 12.1 Å². The molecule has 0 spiro atoms. The van der Waals surface area contributed by atoms with Crippen molar-refractivity contribution < 1.29 is 14.8 Å². The van der Waals surface area contributed by atoms with Gasteiger partial charge in [0.2, 0.25) is 0 Å². The van der Waals surface area contributed by atoms with Crippen LogP contribution < -0.4 is 0 Å². The van der Waals surface area contributed by atoms with Crippen LogP contribution in [0.5, 0.6) is 0 Å². The SMILES string of the molecule is O=C(O)[C@@H]1C[C@H]1c1cc([N+](=O)[O-])[nH]n1. The average Bonchev–Trinajstić information content (AvgIpc) is 2.76. The molecule has 2 atom stereocenters. The Bertz CT molecular complexity index is 399. The Balaban J connectivity index is 2.12. The molecule has 7 nitrogen and oxygen atoms in total. The molecule has 1 saturated carbocycles. The second-order valence-electron chi connectivity index (χ2n) is 3.22. The van der Waals surface area contributed by atoms with E-state index in [9.17, 15) is 14.9 Å². The first-order valence-corrected chi connectivity index (χ1v) is 4.02. The average molecular weight is 197 g/mol. The topological polar surface area (TPSA) is 109 Å². The van der Waals surface area contributed by atoms with Crippen LogP contribution in [0.2, 0.25) is 0 Å². The molecule has 1 fully saturated rings. The molecule has 2 rings (SSSR count). The monoisotopic (exact) mass is 197 g/mol. The van der Waals surface area contributed by atoms with Crippen molar-refractivity contribution >= 4 is 11.8 Å². The van der Waals surface area contributed by atoms with Gasteiger partial charge in [0.25, 0.3) is 0 Å². The zero-order valence-corrected chi connectivity index (χ0v) is 7.01. The highest BCUT2D eigenvalue weighted by atomic mass is 16.6. The predicted molar refractivity (Wildman–Crippen MR) is 43.7 cm³/mol. The lowest BCUT2D eigenvalue weighted by atomic mass is 10.2. The molecule has 74 valence electrons. The quantitative estimate of drug-likeness (QED) is 0.541. The van der Waals surface area contributed by atoms with Crippen LogP contribution in [0.1, 0.15) is 18.0 Å². The number of carboxylic acids is 1. The van der Waals surface area contributed by atoms with Crippen LogP contribution in [-0.4, -0.2) is 26.2 Å². The maximum atomic E-state index is 10.5. The summed E-state index contributed by atoms with van der Waals surface area (Å²) in [5.74, 6) is -1.67. The third kappa shape index (κ3) is 1.32. The van der Waals surface area contributed by atoms with Crippen molar-refractivity contribution in [3.63, 3.8) is 0 Å². The highest BCUT2D eigenvalue weighted by molar-refractivity contribution is 5.75. The van der Waals surface area contributed by atoms with Gasteiger partial charge in [-0.15, -0.1) is 5.10 Å². The molecule has 1 heterocycles. The second-order valence-corrected chi connectivity index (χ2v) is 3.22. The first-order chi connectivity index (χ1) is 6.59. The van der Waals surface area contributed by atoms with E-state index in [1.54, 1.807) is 0 Å². The van der Waals surface area contributed by atoms with E-state index in [0.717, 1.165) is 0 Å². The van der Waals surface area contributed by atoms with Crippen molar-refractivity contribution in [1.82, 2.24) is 10.2 Å². The summed E-state index contributed by atoms with van der Waals surface area (Å²) in [5.41, 5.74) is 0.462. The molecule has 0 radical (unpaired) electrons. The molecule has 7 heteroatoms. The number of aliphatic carboxylic acids is 1. The molecule has 1 aliphatic rings. The summed E-state index contributed by atoms with van der Waals surface area (Å²) in [5, 5.41) is 24.9. The smallest absolute Gasteiger partial charge is 0.342 e. The number of nitrogens with one attached hydrogen (secondary N) is 1. The Morgan fingerprint density at radius 2 is 2.50 bits per heavy atom. The Hall–Kier alpha value is -1.92. The van der Waals surface area contributed by atoms with E-state index in [-0.39, 0.29) is 11.7 Å². The number of carboxylic acid groups (broad SMARTS) is 1. The van der Waals surface area contributed by atoms with Crippen molar-refractivity contribution in [2.24, 2.45) is 5.92 Å². The molecule has 1 aromatic heterocycles. The third-order valence-electron chi connectivity index (χ3n) is 2.27. The van der Waals surface area contributed by atoms with Crippen molar-refractivity contribution in [3.8, 4) is 0 Å². The lowest BCUT2D eigenvalue weighted by Crippen LogP contribution is -1.98. The number of nitro groups is 1. The lowest BCUT2D eigenvalue weighted by Gasteiger charge is -1.87. The largest absolute Gasteiger partial charge is 0.481 e. The number of rotatable bonds is 3. The molecular formula is C7H7N3O4. The van der Waals surface area contributed by atoms with Gasteiger partial charge in [-0.2, -0.15) is 0 Å². The summed E-state index contributed by atoms with van der Waals surface area (Å²) < 4.78 is 0. The van der Waals surface area contributed by atoms with Crippen LogP contribution in [0.15, 0.2) is 6.07 Å². The number of nitrogens with zero attached hydrogens (tertiary/aromatic N) is 2. The maximum absolute atomic E-state index is 10.5. The van der Waals surface area contributed by atoms with Gasteiger partial charge in [0, 0.05) is 5.92 Å². The fraction of sp³-hybridized carbons (Fsp3) is 0.429. The van der Waals surface area contributed by atoms with Crippen molar-refractivity contribution in [2.75, 3.05) is 0 Å². The van der Waals surface area contributed by atoms with Crippen molar-refractivity contribution in [3.05, 3.63) is 21.9 Å².